The van der Waals surface area contributed by atoms with E-state index in [-0.39, 0.29) is 13.1 Å². The van der Waals surface area contributed by atoms with Crippen LogP contribution in [-0.4, -0.2) is 46.6 Å². The van der Waals surface area contributed by atoms with Gasteiger partial charge in [0.25, 0.3) is 0 Å². The molecule has 0 spiro atoms. The summed E-state index contributed by atoms with van der Waals surface area (Å²) >= 11 is 0. The van der Waals surface area contributed by atoms with Crippen molar-refractivity contribution in [3.63, 3.8) is 0 Å². The Kier molecular flexibility index (Phi) is 1.76. The molecule has 1 rings (SSSR count). The molecule has 0 aromatic carbocycles. The summed E-state index contributed by atoms with van der Waals surface area (Å²) in [5.74, 6) is 0. The number of hydrogen-bond acceptors (Lipinski definition) is 2. The van der Waals surface area contributed by atoms with Crippen molar-refractivity contribution < 1.29 is 19.4 Å². The quantitative estimate of drug-likeness (QED) is 0.496. The van der Waals surface area contributed by atoms with E-state index >= 15 is 0 Å². The van der Waals surface area contributed by atoms with E-state index in [4.69, 9.17) is 10.2 Å². The van der Waals surface area contributed by atoms with E-state index in [1.165, 1.54) is 0 Å². The standard InChI is InChI=1S/C5H8FNO3/c6-3-1-7(5(9)10)2-4(3)8/h3-4,8H,1-2H2,(H,9,10)/t3-,4+/m0/s1. The van der Waals surface area contributed by atoms with Gasteiger partial charge in [-0.1, -0.05) is 0 Å². The summed E-state index contributed by atoms with van der Waals surface area (Å²) in [6, 6.07) is 0. The number of likely N-dealkylation sites (tertiary alicyclic amines) is 1. The van der Waals surface area contributed by atoms with Crippen LogP contribution in [0.15, 0.2) is 0 Å². The minimum atomic E-state index is -1.42. The first-order valence-electron chi connectivity index (χ1n) is 2.91. The van der Waals surface area contributed by atoms with Crippen LogP contribution in [0.3, 0.4) is 0 Å². The SMILES string of the molecule is O=C(O)N1C[C@@H](O)[C@@H](F)C1. The van der Waals surface area contributed by atoms with E-state index in [0.717, 1.165) is 4.90 Å². The van der Waals surface area contributed by atoms with E-state index in [9.17, 15) is 9.18 Å². The fourth-order valence-electron chi connectivity index (χ4n) is 0.903. The van der Waals surface area contributed by atoms with Crippen LogP contribution in [0.1, 0.15) is 0 Å². The van der Waals surface area contributed by atoms with Gasteiger partial charge in [0.1, 0.15) is 12.3 Å². The normalized spacial score (nSPS) is 32.8. The predicted molar refractivity (Wildman–Crippen MR) is 30.5 cm³/mol. The minimum Gasteiger partial charge on any atom is -0.465 e. The third-order valence-corrected chi connectivity index (χ3v) is 1.49. The highest BCUT2D eigenvalue weighted by atomic mass is 19.1. The van der Waals surface area contributed by atoms with E-state index in [1.54, 1.807) is 0 Å². The van der Waals surface area contributed by atoms with Crippen LogP contribution in [0, 0.1) is 0 Å². The first kappa shape index (κ1) is 7.27. The molecule has 0 aliphatic carbocycles. The van der Waals surface area contributed by atoms with Crippen molar-refractivity contribution in [1.29, 1.82) is 0 Å². The van der Waals surface area contributed by atoms with Gasteiger partial charge in [0.2, 0.25) is 0 Å². The Balaban J connectivity index is 2.49. The average molecular weight is 149 g/mol. The number of rotatable bonds is 0. The summed E-state index contributed by atoms with van der Waals surface area (Å²) in [6.45, 7) is -0.326. The van der Waals surface area contributed by atoms with Crippen LogP contribution >= 0.6 is 0 Å². The van der Waals surface area contributed by atoms with Crippen molar-refractivity contribution in [2.75, 3.05) is 13.1 Å². The maximum Gasteiger partial charge on any atom is 0.407 e. The molecule has 4 nitrogen and oxygen atoms in total. The lowest BCUT2D eigenvalue weighted by molar-refractivity contribution is 0.114. The number of aliphatic hydroxyl groups is 1. The van der Waals surface area contributed by atoms with E-state index in [2.05, 4.69) is 0 Å². The monoisotopic (exact) mass is 149 g/mol. The van der Waals surface area contributed by atoms with Crippen LogP contribution < -0.4 is 0 Å². The van der Waals surface area contributed by atoms with Gasteiger partial charge < -0.3 is 15.1 Å². The number of alkyl halides is 1. The van der Waals surface area contributed by atoms with E-state index in [1.807, 2.05) is 0 Å². The van der Waals surface area contributed by atoms with Crippen LogP contribution in [0.25, 0.3) is 0 Å². The lowest BCUT2D eigenvalue weighted by Crippen LogP contribution is -2.27. The molecule has 0 radical (unpaired) electrons. The Morgan fingerprint density at radius 2 is 2.20 bits per heavy atom. The summed E-state index contributed by atoms with van der Waals surface area (Å²) in [5.41, 5.74) is 0. The lowest BCUT2D eigenvalue weighted by atomic mass is 10.3. The fraction of sp³-hybridized carbons (Fsp3) is 0.800. The van der Waals surface area contributed by atoms with Crippen molar-refractivity contribution in [2.24, 2.45) is 0 Å². The third kappa shape index (κ3) is 1.18. The number of nitrogens with zero attached hydrogens (tertiary/aromatic N) is 1. The molecule has 1 amide bonds. The van der Waals surface area contributed by atoms with Gasteiger partial charge in [0.05, 0.1) is 13.1 Å². The highest BCUT2D eigenvalue weighted by Crippen LogP contribution is 2.12. The molecule has 1 aliphatic rings. The molecule has 0 aromatic heterocycles. The zero-order valence-corrected chi connectivity index (χ0v) is 5.20. The first-order chi connectivity index (χ1) is 4.61. The Morgan fingerprint density at radius 3 is 2.40 bits per heavy atom. The van der Waals surface area contributed by atoms with Gasteiger partial charge in [-0.05, 0) is 0 Å². The maximum atomic E-state index is 12.4. The topological polar surface area (TPSA) is 60.8 Å². The molecule has 5 heteroatoms. The average Bonchev–Trinajstić information content (AvgIpc) is 2.13. The summed E-state index contributed by atoms with van der Waals surface area (Å²) in [4.78, 5) is 11.0. The van der Waals surface area contributed by atoms with Crippen molar-refractivity contribution in [3.05, 3.63) is 0 Å². The van der Waals surface area contributed by atoms with Crippen molar-refractivity contribution >= 4 is 6.09 Å². The molecule has 58 valence electrons. The van der Waals surface area contributed by atoms with Crippen molar-refractivity contribution in [3.8, 4) is 0 Å². The predicted octanol–water partition coefficient (Wildman–Crippen LogP) is -0.321. The van der Waals surface area contributed by atoms with Crippen LogP contribution in [0.4, 0.5) is 9.18 Å². The van der Waals surface area contributed by atoms with Gasteiger partial charge in [-0.25, -0.2) is 9.18 Å². The molecule has 2 N–H and O–H groups in total. The van der Waals surface area contributed by atoms with Gasteiger partial charge in [0.15, 0.2) is 0 Å². The van der Waals surface area contributed by atoms with Gasteiger partial charge >= 0.3 is 6.09 Å². The van der Waals surface area contributed by atoms with E-state index < -0.39 is 18.4 Å². The second-order valence-corrected chi connectivity index (χ2v) is 2.27. The second kappa shape index (κ2) is 2.42. The zero-order valence-electron chi connectivity index (χ0n) is 5.20. The maximum absolute atomic E-state index is 12.4. The number of aliphatic hydroxyl groups excluding tert-OH is 1. The zero-order chi connectivity index (χ0) is 7.72. The summed E-state index contributed by atoms with van der Waals surface area (Å²) in [5, 5.41) is 17.0. The minimum absolute atomic E-state index is 0.115. The van der Waals surface area contributed by atoms with Gasteiger partial charge in [-0.15, -0.1) is 0 Å². The Labute approximate surface area is 56.9 Å². The molecule has 1 fully saturated rings. The highest BCUT2D eigenvalue weighted by molar-refractivity contribution is 5.65. The second-order valence-electron chi connectivity index (χ2n) is 2.27. The number of carboxylic acid groups (broad SMARTS) is 1. The number of hydrogen-bond donors (Lipinski definition) is 2. The molecule has 1 saturated heterocycles. The van der Waals surface area contributed by atoms with Crippen molar-refractivity contribution in [1.82, 2.24) is 4.90 Å². The van der Waals surface area contributed by atoms with Crippen LogP contribution in [0.5, 0.6) is 0 Å². The molecule has 0 bridgehead atoms. The molecule has 0 aromatic rings. The lowest BCUT2D eigenvalue weighted by Gasteiger charge is -2.07. The molecular weight excluding hydrogens is 141 g/mol. The molecule has 2 atom stereocenters. The van der Waals surface area contributed by atoms with Crippen LogP contribution in [0.2, 0.25) is 0 Å². The molecule has 0 saturated carbocycles. The molecular formula is C5H8FNO3. The largest absolute Gasteiger partial charge is 0.465 e. The Hall–Kier alpha value is -0.840. The first-order valence-corrected chi connectivity index (χ1v) is 2.91. The third-order valence-electron chi connectivity index (χ3n) is 1.49. The number of halogens is 1. The van der Waals surface area contributed by atoms with Crippen LogP contribution in [-0.2, 0) is 0 Å². The summed E-state index contributed by atoms with van der Waals surface area (Å²) in [7, 11) is 0. The smallest absolute Gasteiger partial charge is 0.407 e. The molecule has 10 heavy (non-hydrogen) atoms. The highest BCUT2D eigenvalue weighted by Gasteiger charge is 2.33. The fourth-order valence-corrected chi connectivity index (χ4v) is 0.903. The van der Waals surface area contributed by atoms with E-state index in [0.29, 0.717) is 0 Å². The number of carbonyl (C=O) groups is 1. The summed E-state index contributed by atoms with van der Waals surface area (Å²) in [6.07, 6.45) is -3.74. The van der Waals surface area contributed by atoms with Crippen molar-refractivity contribution in [2.45, 2.75) is 12.3 Å². The Morgan fingerprint density at radius 1 is 1.60 bits per heavy atom. The van der Waals surface area contributed by atoms with Gasteiger partial charge in [-0.2, -0.15) is 0 Å². The Bertz CT molecular complexity index is 142. The molecule has 1 heterocycles. The van der Waals surface area contributed by atoms with Gasteiger partial charge in [-0.3, -0.25) is 0 Å². The molecule has 0 unspecified atom stereocenters. The number of amides is 1. The molecule has 1 aliphatic heterocycles. The number of β-amino-alcohol motifs (C(OH)–C–C–N with tert-alkyl or cyclic N) is 1. The van der Waals surface area contributed by atoms with Gasteiger partial charge in [0, 0.05) is 0 Å². The summed E-state index contributed by atoms with van der Waals surface area (Å²) < 4.78 is 12.4.